The van der Waals surface area contributed by atoms with Gasteiger partial charge in [-0.3, -0.25) is 14.4 Å². The summed E-state index contributed by atoms with van der Waals surface area (Å²) in [5, 5.41) is 0. The minimum Gasteiger partial charge on any atom is -0.463 e. The summed E-state index contributed by atoms with van der Waals surface area (Å²) in [6, 6.07) is 0. The summed E-state index contributed by atoms with van der Waals surface area (Å²) in [5.74, 6) is -1.04. The first-order chi connectivity index (χ1) is 13.3. The van der Waals surface area contributed by atoms with Crippen LogP contribution >= 0.6 is 22.6 Å². The average molecular weight is 512 g/mol. The molecule has 1 heterocycles. The molecule has 0 aromatic rings. The highest BCUT2D eigenvalue weighted by Crippen LogP contribution is 2.33. The number of carbonyl (C=O) groups is 3. The smallest absolute Gasteiger partial charge is 0.303 e. The second-order valence-corrected chi connectivity index (χ2v) is 8.71. The van der Waals surface area contributed by atoms with Crippen molar-refractivity contribution in [2.45, 2.75) is 81.4 Å². The Labute approximate surface area is 179 Å². The van der Waals surface area contributed by atoms with E-state index in [0.29, 0.717) is 12.5 Å². The number of ether oxygens (including phenoxy) is 5. The molecule has 1 saturated heterocycles. The van der Waals surface area contributed by atoms with Gasteiger partial charge in [-0.05, 0) is 18.8 Å². The maximum absolute atomic E-state index is 11.6. The molecule has 0 bridgehead atoms. The molecule has 0 amide bonds. The van der Waals surface area contributed by atoms with E-state index in [1.165, 1.54) is 40.0 Å². The van der Waals surface area contributed by atoms with E-state index in [1.807, 2.05) is 0 Å². The average Bonchev–Trinajstić information content (AvgIpc) is 2.63. The molecule has 0 spiro atoms. The molecule has 2 rings (SSSR count). The van der Waals surface area contributed by atoms with E-state index in [-0.39, 0.29) is 10.5 Å². The lowest BCUT2D eigenvalue weighted by Gasteiger charge is -2.43. The van der Waals surface area contributed by atoms with E-state index in [9.17, 15) is 14.4 Å². The quantitative estimate of drug-likeness (QED) is 0.222. The summed E-state index contributed by atoms with van der Waals surface area (Å²) < 4.78 is 27.5. The molecule has 2 aliphatic rings. The molecular formula is C19H29IO8. The van der Waals surface area contributed by atoms with Crippen LogP contribution in [0.5, 0.6) is 0 Å². The van der Waals surface area contributed by atoms with Crippen LogP contribution in [0.2, 0.25) is 0 Å². The van der Waals surface area contributed by atoms with Gasteiger partial charge in [-0.25, -0.2) is 0 Å². The molecule has 1 aliphatic carbocycles. The molecule has 0 radical (unpaired) electrons. The van der Waals surface area contributed by atoms with Crippen molar-refractivity contribution in [1.82, 2.24) is 0 Å². The maximum atomic E-state index is 11.6. The van der Waals surface area contributed by atoms with Crippen molar-refractivity contribution in [2.75, 3.05) is 13.2 Å². The van der Waals surface area contributed by atoms with Crippen LogP contribution in [0, 0.1) is 5.92 Å². The first-order valence-corrected chi connectivity index (χ1v) is 10.9. The molecule has 1 aliphatic heterocycles. The van der Waals surface area contributed by atoms with Crippen molar-refractivity contribution in [3.05, 3.63) is 0 Å². The van der Waals surface area contributed by atoms with Crippen molar-refractivity contribution in [2.24, 2.45) is 5.92 Å². The van der Waals surface area contributed by atoms with Crippen molar-refractivity contribution in [3.63, 3.8) is 0 Å². The first-order valence-electron chi connectivity index (χ1n) is 9.67. The molecule has 0 unspecified atom stereocenters. The summed E-state index contributed by atoms with van der Waals surface area (Å²) in [6.45, 7) is 4.27. The minimum absolute atomic E-state index is 0.127. The van der Waals surface area contributed by atoms with E-state index in [4.69, 9.17) is 23.7 Å². The van der Waals surface area contributed by atoms with Gasteiger partial charge in [0.15, 0.2) is 18.5 Å². The summed E-state index contributed by atoms with van der Waals surface area (Å²) in [5.41, 5.74) is 0. The normalized spacial score (nSPS) is 31.1. The number of halogens is 1. The minimum atomic E-state index is -0.891. The molecule has 2 fully saturated rings. The summed E-state index contributed by atoms with van der Waals surface area (Å²) in [7, 11) is 0. The highest BCUT2D eigenvalue weighted by molar-refractivity contribution is 14.1. The van der Waals surface area contributed by atoms with Crippen LogP contribution < -0.4 is 0 Å². The lowest BCUT2D eigenvalue weighted by atomic mass is 9.90. The van der Waals surface area contributed by atoms with Crippen molar-refractivity contribution < 1.29 is 38.1 Å². The Kier molecular flexibility index (Phi) is 9.42. The van der Waals surface area contributed by atoms with E-state index in [1.54, 1.807) is 0 Å². The second-order valence-electron chi connectivity index (χ2n) is 7.28. The monoisotopic (exact) mass is 512 g/mol. The van der Waals surface area contributed by atoms with E-state index >= 15 is 0 Å². The zero-order chi connectivity index (χ0) is 20.7. The van der Waals surface area contributed by atoms with Crippen molar-refractivity contribution >= 4 is 40.5 Å². The van der Waals surface area contributed by atoms with Crippen molar-refractivity contribution in [1.29, 1.82) is 0 Å². The van der Waals surface area contributed by atoms with Gasteiger partial charge in [-0.2, -0.15) is 0 Å². The maximum Gasteiger partial charge on any atom is 0.303 e. The largest absolute Gasteiger partial charge is 0.463 e. The topological polar surface area (TPSA) is 97.4 Å². The second kappa shape index (κ2) is 11.3. The Morgan fingerprint density at radius 3 is 2.07 bits per heavy atom. The van der Waals surface area contributed by atoms with Crippen LogP contribution in [0.4, 0.5) is 0 Å². The van der Waals surface area contributed by atoms with Gasteiger partial charge in [-0.1, -0.05) is 41.9 Å². The lowest BCUT2D eigenvalue weighted by molar-refractivity contribution is -0.262. The van der Waals surface area contributed by atoms with E-state index in [0.717, 1.165) is 12.8 Å². The fourth-order valence-corrected chi connectivity index (χ4v) is 4.51. The molecule has 160 valence electrons. The molecule has 28 heavy (non-hydrogen) atoms. The Balaban J connectivity index is 2.12. The van der Waals surface area contributed by atoms with Gasteiger partial charge in [0.25, 0.3) is 0 Å². The Morgan fingerprint density at radius 2 is 1.50 bits per heavy atom. The van der Waals surface area contributed by atoms with Gasteiger partial charge in [0, 0.05) is 20.8 Å². The van der Waals surface area contributed by atoms with Crippen LogP contribution in [-0.2, 0) is 38.1 Å². The van der Waals surface area contributed by atoms with Gasteiger partial charge in [0.2, 0.25) is 0 Å². The predicted octanol–water partition coefficient (Wildman–Crippen LogP) is 2.54. The fraction of sp³-hybridized carbons (Fsp3) is 0.842. The van der Waals surface area contributed by atoms with Crippen LogP contribution in [0.1, 0.15) is 52.9 Å². The van der Waals surface area contributed by atoms with Crippen LogP contribution in [0.25, 0.3) is 0 Å². The molecule has 5 atom stereocenters. The lowest BCUT2D eigenvalue weighted by Crippen LogP contribution is -2.60. The van der Waals surface area contributed by atoms with Gasteiger partial charge in [0.1, 0.15) is 16.6 Å². The number of rotatable bonds is 7. The Hall–Kier alpha value is -0.940. The molecule has 0 aromatic heterocycles. The van der Waals surface area contributed by atoms with Gasteiger partial charge in [0.05, 0.1) is 6.61 Å². The highest BCUT2D eigenvalue weighted by Gasteiger charge is 2.49. The molecule has 8 nitrogen and oxygen atoms in total. The van der Waals surface area contributed by atoms with Gasteiger partial charge in [-0.15, -0.1) is 0 Å². The number of carbonyl (C=O) groups excluding carboxylic acids is 3. The van der Waals surface area contributed by atoms with Crippen LogP contribution in [0.3, 0.4) is 0 Å². The molecule has 1 saturated carbocycles. The predicted molar refractivity (Wildman–Crippen MR) is 107 cm³/mol. The number of hydrogen-bond acceptors (Lipinski definition) is 8. The van der Waals surface area contributed by atoms with Crippen LogP contribution in [-0.4, -0.2) is 59.6 Å². The summed E-state index contributed by atoms with van der Waals surface area (Å²) in [6.07, 6.45) is 2.79. The third-order valence-electron chi connectivity index (χ3n) is 4.85. The summed E-state index contributed by atoms with van der Waals surface area (Å²) in [4.78, 5) is 34.5. The molecule has 0 N–H and O–H groups in total. The zero-order valence-electron chi connectivity index (χ0n) is 16.6. The van der Waals surface area contributed by atoms with Gasteiger partial charge < -0.3 is 23.7 Å². The Morgan fingerprint density at radius 1 is 0.893 bits per heavy atom. The van der Waals surface area contributed by atoms with Crippen LogP contribution in [0.15, 0.2) is 0 Å². The third-order valence-corrected chi connectivity index (χ3v) is 6.14. The molecule has 9 heteroatoms. The number of esters is 3. The molecular weight excluding hydrogens is 483 g/mol. The van der Waals surface area contributed by atoms with E-state index < -0.39 is 42.5 Å². The zero-order valence-corrected chi connectivity index (χ0v) is 18.7. The van der Waals surface area contributed by atoms with E-state index in [2.05, 4.69) is 22.6 Å². The van der Waals surface area contributed by atoms with Crippen molar-refractivity contribution in [3.8, 4) is 0 Å². The first kappa shape index (κ1) is 23.3. The standard InChI is InChI=1S/C19H29IO8/c1-11(21)24-10-15-17(26-12(2)22)18(27-13(3)23)16(20)19(28-15)25-9-14-7-5-4-6-8-14/h14-19H,4-10H2,1-3H3/t15-,16+,17-,18-,19+/m1/s1. The number of alkyl halides is 1. The highest BCUT2D eigenvalue weighted by atomic mass is 127. The third kappa shape index (κ3) is 7.14. The molecule has 0 aromatic carbocycles. The number of hydrogen-bond donors (Lipinski definition) is 0. The Bertz CT molecular complexity index is 548. The SMILES string of the molecule is CC(=O)OC[C@H]1O[C@H](OCC2CCCCC2)[C@@H](I)[C@@H](OC(C)=O)[C@@H]1OC(C)=O. The fourth-order valence-electron chi connectivity index (χ4n) is 3.58. The summed E-state index contributed by atoms with van der Waals surface area (Å²) >= 11 is 2.10. The van der Waals surface area contributed by atoms with Gasteiger partial charge >= 0.3 is 17.9 Å².